The summed E-state index contributed by atoms with van der Waals surface area (Å²) in [6.07, 6.45) is 9.37. The quantitative estimate of drug-likeness (QED) is 0.800. The summed E-state index contributed by atoms with van der Waals surface area (Å²) in [4.78, 5) is 12.8. The monoisotopic (exact) mass is 369 g/mol. The van der Waals surface area contributed by atoms with Gasteiger partial charge in [0.15, 0.2) is 0 Å². The van der Waals surface area contributed by atoms with Crippen LogP contribution in [0.4, 0.5) is 0 Å². The minimum absolute atomic E-state index is 0.126. The van der Waals surface area contributed by atoms with Crippen molar-refractivity contribution < 1.29 is 9.53 Å². The van der Waals surface area contributed by atoms with E-state index in [0.717, 1.165) is 56.8 Å². The molecule has 1 heterocycles. The first kappa shape index (κ1) is 18.8. The third-order valence-corrected chi connectivity index (χ3v) is 7.68. The maximum atomic E-state index is 12.8. The lowest BCUT2D eigenvalue weighted by molar-refractivity contribution is -0.127. The van der Waals surface area contributed by atoms with Crippen molar-refractivity contribution in [2.75, 3.05) is 6.61 Å². The van der Waals surface area contributed by atoms with Crippen LogP contribution < -0.4 is 10.1 Å². The molecule has 2 aliphatic carbocycles. The van der Waals surface area contributed by atoms with E-state index in [-0.39, 0.29) is 17.2 Å². The van der Waals surface area contributed by atoms with Gasteiger partial charge in [-0.15, -0.1) is 0 Å². The molecule has 2 fully saturated rings. The zero-order chi connectivity index (χ0) is 19.0. The Hall–Kier alpha value is -1.51. The first-order valence-electron chi connectivity index (χ1n) is 11.0. The molecule has 1 aliphatic heterocycles. The van der Waals surface area contributed by atoms with Crippen LogP contribution in [-0.2, 0) is 10.2 Å². The van der Waals surface area contributed by atoms with Gasteiger partial charge in [-0.1, -0.05) is 26.0 Å². The second-order valence-corrected chi connectivity index (χ2v) is 9.66. The van der Waals surface area contributed by atoms with Gasteiger partial charge in [0.25, 0.3) is 0 Å². The van der Waals surface area contributed by atoms with Gasteiger partial charge < -0.3 is 10.1 Å². The molecular formula is C24H35NO2. The Morgan fingerprint density at radius 1 is 1.15 bits per heavy atom. The predicted octanol–water partition coefficient (Wildman–Crippen LogP) is 5.15. The molecule has 0 saturated heterocycles. The van der Waals surface area contributed by atoms with Crippen LogP contribution in [0.5, 0.6) is 5.75 Å². The van der Waals surface area contributed by atoms with Gasteiger partial charge in [0.1, 0.15) is 5.75 Å². The van der Waals surface area contributed by atoms with Crippen molar-refractivity contribution >= 4 is 5.91 Å². The Morgan fingerprint density at radius 2 is 1.85 bits per heavy atom. The lowest BCUT2D eigenvalue weighted by Gasteiger charge is -2.38. The first-order chi connectivity index (χ1) is 13.0. The van der Waals surface area contributed by atoms with Crippen LogP contribution in [0.25, 0.3) is 0 Å². The van der Waals surface area contributed by atoms with Gasteiger partial charge in [0.2, 0.25) is 5.91 Å². The normalized spacial score (nSPS) is 34.0. The van der Waals surface area contributed by atoms with Gasteiger partial charge in [0, 0.05) is 22.9 Å². The van der Waals surface area contributed by atoms with Gasteiger partial charge in [-0.2, -0.15) is 0 Å². The Morgan fingerprint density at radius 3 is 2.56 bits per heavy atom. The highest BCUT2D eigenvalue weighted by atomic mass is 16.5. The summed E-state index contributed by atoms with van der Waals surface area (Å²) < 4.78 is 6.05. The van der Waals surface area contributed by atoms with Crippen LogP contribution in [0.3, 0.4) is 0 Å². The van der Waals surface area contributed by atoms with Crippen LogP contribution in [-0.4, -0.2) is 18.6 Å². The van der Waals surface area contributed by atoms with Crippen molar-refractivity contribution in [3.05, 3.63) is 29.3 Å². The van der Waals surface area contributed by atoms with E-state index in [4.69, 9.17) is 4.74 Å². The van der Waals surface area contributed by atoms with Gasteiger partial charge in [-0.25, -0.2) is 0 Å². The van der Waals surface area contributed by atoms with Gasteiger partial charge >= 0.3 is 0 Å². The smallest absolute Gasteiger partial charge is 0.223 e. The summed E-state index contributed by atoms with van der Waals surface area (Å²) in [5, 5.41) is 3.36. The van der Waals surface area contributed by atoms with Crippen LogP contribution in [0.2, 0.25) is 0 Å². The number of hydrogen-bond acceptors (Lipinski definition) is 2. The van der Waals surface area contributed by atoms with E-state index in [2.05, 4.69) is 44.3 Å². The fourth-order valence-electron chi connectivity index (χ4n) is 5.54. The molecule has 1 spiro atoms. The Labute approximate surface area is 164 Å². The summed E-state index contributed by atoms with van der Waals surface area (Å²) in [7, 11) is 0. The lowest BCUT2D eigenvalue weighted by Crippen LogP contribution is -2.43. The van der Waals surface area contributed by atoms with E-state index in [1.165, 1.54) is 24.0 Å². The molecule has 1 N–H and O–H groups in total. The zero-order valence-electron chi connectivity index (χ0n) is 17.2. The number of benzene rings is 1. The highest BCUT2D eigenvalue weighted by Crippen LogP contribution is 2.50. The maximum Gasteiger partial charge on any atom is 0.223 e. The number of hydrogen-bond donors (Lipinski definition) is 1. The topological polar surface area (TPSA) is 38.3 Å². The molecule has 1 aromatic carbocycles. The van der Waals surface area contributed by atoms with E-state index in [0.29, 0.717) is 12.0 Å². The molecule has 1 atom stereocenters. The minimum Gasteiger partial charge on any atom is -0.492 e. The number of ether oxygens (including phenoxy) is 1. The summed E-state index contributed by atoms with van der Waals surface area (Å²) in [6, 6.07) is 7.07. The number of aryl methyl sites for hydroxylation is 1. The van der Waals surface area contributed by atoms with Crippen LogP contribution in [0.15, 0.2) is 18.2 Å². The highest BCUT2D eigenvalue weighted by Gasteiger charge is 2.44. The predicted molar refractivity (Wildman–Crippen MR) is 109 cm³/mol. The second kappa shape index (κ2) is 7.48. The Balaban J connectivity index is 1.33. The third kappa shape index (κ3) is 3.75. The summed E-state index contributed by atoms with van der Waals surface area (Å²) >= 11 is 0. The first-order valence-corrected chi connectivity index (χ1v) is 11.0. The largest absolute Gasteiger partial charge is 0.492 e. The molecule has 4 rings (SSSR count). The standard InChI is InChI=1S/C24H35NO2/c1-16-4-7-20(8-5-16)25-23(26)18(3)19-10-12-24(13-11-19)15-27-22-14-17(2)6-9-21(22)24/h6,9,14,16,18-20H,4-5,7-8,10-13,15H2,1-3H3,(H,25,26)/t16-,18-,19-,20-,24+/m0/s1. The summed E-state index contributed by atoms with van der Waals surface area (Å²) in [5.41, 5.74) is 2.86. The Kier molecular flexibility index (Phi) is 5.22. The second-order valence-electron chi connectivity index (χ2n) is 9.66. The van der Waals surface area contributed by atoms with E-state index in [1.807, 2.05) is 0 Å². The number of carbonyl (C=O) groups excluding carboxylic acids is 1. The number of rotatable bonds is 3. The van der Waals surface area contributed by atoms with Crippen molar-refractivity contribution in [2.45, 2.75) is 83.6 Å². The molecule has 0 unspecified atom stereocenters. The fraction of sp³-hybridized carbons (Fsp3) is 0.708. The number of carbonyl (C=O) groups is 1. The van der Waals surface area contributed by atoms with E-state index < -0.39 is 0 Å². The molecule has 1 aromatic rings. The number of fused-ring (bicyclic) bond motifs is 2. The van der Waals surface area contributed by atoms with Crippen LogP contribution in [0.1, 0.15) is 76.3 Å². The van der Waals surface area contributed by atoms with Gasteiger partial charge in [-0.05, 0) is 81.8 Å². The molecule has 27 heavy (non-hydrogen) atoms. The average molecular weight is 370 g/mol. The van der Waals surface area contributed by atoms with Gasteiger partial charge in [-0.3, -0.25) is 4.79 Å². The molecule has 3 nitrogen and oxygen atoms in total. The highest BCUT2D eigenvalue weighted by molar-refractivity contribution is 5.79. The zero-order valence-corrected chi connectivity index (χ0v) is 17.2. The molecule has 2 saturated carbocycles. The van der Waals surface area contributed by atoms with Crippen LogP contribution >= 0.6 is 0 Å². The summed E-state index contributed by atoms with van der Waals surface area (Å²) in [6.45, 7) is 7.41. The molecule has 3 aliphatic rings. The molecule has 3 heteroatoms. The maximum absolute atomic E-state index is 12.8. The molecular weight excluding hydrogens is 334 g/mol. The fourth-order valence-corrected chi connectivity index (χ4v) is 5.54. The molecule has 0 bridgehead atoms. The van der Waals surface area contributed by atoms with Crippen molar-refractivity contribution in [1.29, 1.82) is 0 Å². The van der Waals surface area contributed by atoms with Crippen molar-refractivity contribution in [3.8, 4) is 5.75 Å². The van der Waals surface area contributed by atoms with Crippen LogP contribution in [0, 0.1) is 24.7 Å². The molecule has 148 valence electrons. The molecule has 1 amide bonds. The van der Waals surface area contributed by atoms with Crippen molar-refractivity contribution in [1.82, 2.24) is 5.32 Å². The van der Waals surface area contributed by atoms with Crippen molar-refractivity contribution in [3.63, 3.8) is 0 Å². The Bertz CT molecular complexity index is 682. The van der Waals surface area contributed by atoms with E-state index in [1.54, 1.807) is 0 Å². The van der Waals surface area contributed by atoms with E-state index in [9.17, 15) is 4.79 Å². The number of nitrogens with one attached hydrogen (secondary N) is 1. The SMILES string of the molecule is Cc1ccc2c(c1)OC[C@]21CC[C@H]([C@H](C)C(=O)N[C@H]2CC[C@H](C)CC2)CC1. The van der Waals surface area contributed by atoms with Crippen molar-refractivity contribution in [2.24, 2.45) is 17.8 Å². The lowest BCUT2D eigenvalue weighted by atomic mass is 9.65. The molecule has 0 aromatic heterocycles. The van der Waals surface area contributed by atoms with E-state index >= 15 is 0 Å². The average Bonchev–Trinajstić information content (AvgIpc) is 3.01. The molecule has 0 radical (unpaired) electrons. The summed E-state index contributed by atoms with van der Waals surface area (Å²) in [5.74, 6) is 2.83. The number of amides is 1. The van der Waals surface area contributed by atoms with Gasteiger partial charge in [0.05, 0.1) is 6.61 Å². The third-order valence-electron chi connectivity index (χ3n) is 7.68. The minimum atomic E-state index is 0.126.